The quantitative estimate of drug-likeness (QED) is 0.421. The molecule has 0 bridgehead atoms. The van der Waals surface area contributed by atoms with Gasteiger partial charge < -0.3 is 10.6 Å². The van der Waals surface area contributed by atoms with E-state index in [4.69, 9.17) is 24.4 Å². The number of hydrogen-bond donors (Lipinski definition) is 4. The first kappa shape index (κ1) is 23.4. The molecule has 6 nitrogen and oxygen atoms in total. The first-order valence-corrected chi connectivity index (χ1v) is 10.9. The largest absolute Gasteiger partial charge is 0.360 e. The summed E-state index contributed by atoms with van der Waals surface area (Å²) in [6, 6.07) is 14.0. The Bertz CT molecular complexity index is 940. The molecular formula is C19H18Br2N4O2S2. The number of amides is 2. The van der Waals surface area contributed by atoms with E-state index in [-0.39, 0.29) is 28.1 Å². The molecule has 152 valence electrons. The fourth-order valence-electron chi connectivity index (χ4n) is 2.23. The van der Waals surface area contributed by atoms with E-state index in [0.29, 0.717) is 26.6 Å². The third-order valence-electron chi connectivity index (χ3n) is 3.64. The van der Waals surface area contributed by atoms with E-state index < -0.39 is 0 Å². The highest BCUT2D eigenvalue weighted by Crippen LogP contribution is 2.16. The average Bonchev–Trinajstić information content (AvgIpc) is 2.66. The van der Waals surface area contributed by atoms with Gasteiger partial charge in [0.05, 0.1) is 11.1 Å². The molecule has 10 heteroatoms. The summed E-state index contributed by atoms with van der Waals surface area (Å²) in [6.07, 6.45) is 0. The van der Waals surface area contributed by atoms with Gasteiger partial charge in [-0.05, 0) is 87.5 Å². The molecule has 2 aromatic carbocycles. The lowest BCUT2D eigenvalue weighted by molar-refractivity contribution is 0.0967. The minimum absolute atomic E-state index is 0.152. The van der Waals surface area contributed by atoms with Gasteiger partial charge in [-0.3, -0.25) is 20.2 Å². The fraction of sp³-hybridized carbons (Fsp3) is 0.158. The van der Waals surface area contributed by atoms with Crippen LogP contribution in [-0.4, -0.2) is 34.6 Å². The van der Waals surface area contributed by atoms with Crippen LogP contribution in [0.3, 0.4) is 0 Å². The molecule has 0 fully saturated rings. The summed E-state index contributed by atoms with van der Waals surface area (Å²) in [7, 11) is 0. The number of halogens is 2. The van der Waals surface area contributed by atoms with Crippen molar-refractivity contribution in [3.05, 3.63) is 68.6 Å². The molecule has 29 heavy (non-hydrogen) atoms. The van der Waals surface area contributed by atoms with E-state index in [1.54, 1.807) is 36.4 Å². The molecule has 2 aromatic rings. The third-order valence-corrected chi connectivity index (χ3v) is 5.49. The van der Waals surface area contributed by atoms with Gasteiger partial charge in [0, 0.05) is 21.5 Å². The second-order valence-electron chi connectivity index (χ2n) is 5.95. The average molecular weight is 558 g/mol. The van der Waals surface area contributed by atoms with Crippen molar-refractivity contribution in [1.29, 1.82) is 0 Å². The van der Waals surface area contributed by atoms with E-state index in [9.17, 15) is 9.59 Å². The van der Waals surface area contributed by atoms with Crippen LogP contribution in [0, 0.1) is 0 Å². The highest BCUT2D eigenvalue weighted by atomic mass is 79.9. The number of carbonyl (C=O) groups is 2. The minimum Gasteiger partial charge on any atom is -0.360 e. The molecule has 0 unspecified atom stereocenters. The Hall–Kier alpha value is -1.88. The lowest BCUT2D eigenvalue weighted by Crippen LogP contribution is -2.49. The van der Waals surface area contributed by atoms with Gasteiger partial charge in [-0.1, -0.05) is 24.3 Å². The predicted molar refractivity (Wildman–Crippen MR) is 129 cm³/mol. The SMILES string of the molecule is C[C@H](CNC(=S)NC(=O)c1ccccc1Br)NC(=S)NC(=O)c1ccccc1Br. The van der Waals surface area contributed by atoms with Crippen LogP contribution >= 0.6 is 56.3 Å². The van der Waals surface area contributed by atoms with Gasteiger partial charge in [-0.2, -0.15) is 0 Å². The molecule has 2 rings (SSSR count). The normalized spacial score (nSPS) is 11.1. The Labute approximate surface area is 196 Å². The maximum atomic E-state index is 12.3. The van der Waals surface area contributed by atoms with E-state index in [0.717, 1.165) is 0 Å². The van der Waals surface area contributed by atoms with Crippen LogP contribution in [0.2, 0.25) is 0 Å². The standard InChI is InChI=1S/C19H18Br2N4O2S2/c1-11(23-19(29)25-17(27)13-7-3-5-9-15(13)21)10-22-18(28)24-16(26)12-6-2-4-8-14(12)20/h2-9,11H,10H2,1H3,(H2,22,24,26,28)(H2,23,25,27,29)/t11-/m1/s1. The number of nitrogens with one attached hydrogen (secondary N) is 4. The van der Waals surface area contributed by atoms with Gasteiger partial charge in [0.15, 0.2) is 10.2 Å². The third kappa shape index (κ3) is 7.46. The lowest BCUT2D eigenvalue weighted by Gasteiger charge is -2.18. The maximum Gasteiger partial charge on any atom is 0.258 e. The molecule has 4 N–H and O–H groups in total. The first-order chi connectivity index (χ1) is 13.8. The van der Waals surface area contributed by atoms with Crippen LogP contribution in [0.1, 0.15) is 27.6 Å². The van der Waals surface area contributed by atoms with Gasteiger partial charge in [-0.15, -0.1) is 0 Å². The molecule has 1 atom stereocenters. The summed E-state index contributed by atoms with van der Waals surface area (Å²) in [5, 5.41) is 11.6. The van der Waals surface area contributed by atoms with Crippen molar-refractivity contribution in [2.45, 2.75) is 13.0 Å². The second-order valence-corrected chi connectivity index (χ2v) is 8.48. The molecule has 0 aliphatic heterocycles. The Balaban J connectivity index is 1.76. The minimum atomic E-state index is -0.314. The van der Waals surface area contributed by atoms with E-state index >= 15 is 0 Å². The van der Waals surface area contributed by atoms with Crippen LogP contribution in [-0.2, 0) is 0 Å². The van der Waals surface area contributed by atoms with Gasteiger partial charge >= 0.3 is 0 Å². The molecule has 0 aliphatic carbocycles. The van der Waals surface area contributed by atoms with Crippen molar-refractivity contribution in [3.63, 3.8) is 0 Å². The monoisotopic (exact) mass is 556 g/mol. The molecule has 0 heterocycles. The van der Waals surface area contributed by atoms with E-state index in [2.05, 4.69) is 53.1 Å². The molecule has 0 aliphatic rings. The van der Waals surface area contributed by atoms with Crippen LogP contribution < -0.4 is 21.3 Å². The Kier molecular flexibility index (Phi) is 9.15. The Morgan fingerprint density at radius 3 is 1.79 bits per heavy atom. The smallest absolute Gasteiger partial charge is 0.258 e. The fourth-order valence-corrected chi connectivity index (χ4v) is 3.63. The highest BCUT2D eigenvalue weighted by molar-refractivity contribution is 9.10. The summed E-state index contributed by atoms with van der Waals surface area (Å²) in [5.41, 5.74) is 0.970. The van der Waals surface area contributed by atoms with E-state index in [1.165, 1.54) is 0 Å². The Morgan fingerprint density at radius 2 is 1.31 bits per heavy atom. The Morgan fingerprint density at radius 1 is 0.862 bits per heavy atom. The van der Waals surface area contributed by atoms with Crippen LogP contribution in [0.15, 0.2) is 57.5 Å². The van der Waals surface area contributed by atoms with E-state index in [1.807, 2.05) is 19.1 Å². The summed E-state index contributed by atoms with van der Waals surface area (Å²) in [6.45, 7) is 2.25. The number of carbonyl (C=O) groups excluding carboxylic acids is 2. The van der Waals surface area contributed by atoms with Crippen molar-refractivity contribution in [2.75, 3.05) is 6.54 Å². The molecule has 2 amide bonds. The molecule has 0 saturated heterocycles. The van der Waals surface area contributed by atoms with Gasteiger partial charge in [-0.25, -0.2) is 0 Å². The number of thiocarbonyl (C=S) groups is 2. The zero-order valence-electron chi connectivity index (χ0n) is 15.3. The highest BCUT2D eigenvalue weighted by Gasteiger charge is 2.14. The van der Waals surface area contributed by atoms with Crippen LogP contribution in [0.5, 0.6) is 0 Å². The molecule has 0 spiro atoms. The second kappa shape index (κ2) is 11.3. The number of rotatable bonds is 5. The van der Waals surface area contributed by atoms with Gasteiger partial charge in [0.1, 0.15) is 0 Å². The van der Waals surface area contributed by atoms with Crippen molar-refractivity contribution >= 4 is 78.3 Å². The summed E-state index contributed by atoms with van der Waals surface area (Å²) in [5.74, 6) is -0.627. The van der Waals surface area contributed by atoms with Crippen LogP contribution in [0.4, 0.5) is 0 Å². The summed E-state index contributed by atoms with van der Waals surface area (Å²) in [4.78, 5) is 24.5. The molecule has 0 aromatic heterocycles. The van der Waals surface area contributed by atoms with Crippen molar-refractivity contribution < 1.29 is 9.59 Å². The zero-order chi connectivity index (χ0) is 21.4. The molecule has 0 saturated carbocycles. The van der Waals surface area contributed by atoms with Crippen LogP contribution in [0.25, 0.3) is 0 Å². The molecular weight excluding hydrogens is 540 g/mol. The number of benzene rings is 2. The molecule has 0 radical (unpaired) electrons. The topological polar surface area (TPSA) is 82.3 Å². The maximum absolute atomic E-state index is 12.3. The van der Waals surface area contributed by atoms with Gasteiger partial charge in [0.2, 0.25) is 0 Å². The lowest BCUT2D eigenvalue weighted by atomic mass is 10.2. The zero-order valence-corrected chi connectivity index (χ0v) is 20.1. The summed E-state index contributed by atoms with van der Waals surface area (Å²) >= 11 is 17.0. The van der Waals surface area contributed by atoms with Crippen molar-refractivity contribution in [2.24, 2.45) is 0 Å². The van der Waals surface area contributed by atoms with Gasteiger partial charge in [0.25, 0.3) is 11.8 Å². The predicted octanol–water partition coefficient (Wildman–Crippen LogP) is 3.51. The van der Waals surface area contributed by atoms with Crippen molar-refractivity contribution in [3.8, 4) is 0 Å². The summed E-state index contributed by atoms with van der Waals surface area (Å²) < 4.78 is 1.36. The first-order valence-electron chi connectivity index (χ1n) is 8.48. The van der Waals surface area contributed by atoms with Crippen molar-refractivity contribution in [1.82, 2.24) is 21.3 Å². The number of hydrogen-bond acceptors (Lipinski definition) is 4.